The molecule has 0 fully saturated rings. The molecule has 0 atom stereocenters. The quantitative estimate of drug-likeness (QED) is 0.448. The lowest BCUT2D eigenvalue weighted by molar-refractivity contribution is -0.671. The molecular weight excluding hydrogens is 419 g/mol. The van der Waals surface area contributed by atoms with Crippen LogP contribution in [0.5, 0.6) is 0 Å². The first kappa shape index (κ1) is 23.3. The predicted molar refractivity (Wildman–Crippen MR) is 61.0 cm³/mol. The average molecular weight is 429 g/mol. The summed E-state index contributed by atoms with van der Waals surface area (Å²) in [5.41, 5.74) is 0. The number of aryl methyl sites for hydroxylation is 2. The van der Waals surface area contributed by atoms with Crippen LogP contribution in [-0.2, 0) is 13.6 Å². The van der Waals surface area contributed by atoms with E-state index in [2.05, 4.69) is 0 Å². The fraction of sp³-hybridized carbons (Fsp3) is 0.750. The van der Waals surface area contributed by atoms with Crippen LogP contribution >= 0.6 is 0 Å². The second-order valence-corrected chi connectivity index (χ2v) is 5.57. The maximum Gasteiger partial charge on any atom is 0.460 e. The van der Waals surface area contributed by atoms with Crippen molar-refractivity contribution < 1.29 is 61.6 Å². The van der Waals surface area contributed by atoms with Crippen molar-refractivity contribution in [1.29, 1.82) is 0 Å². The highest BCUT2D eigenvalue weighted by Gasteiger charge is 2.90. The number of nitrogens with zero attached hydrogens (tertiary/aromatic N) is 2. The van der Waals surface area contributed by atoms with Gasteiger partial charge in [0, 0.05) is 0 Å². The van der Waals surface area contributed by atoms with E-state index in [1.54, 1.807) is 0 Å². The molecule has 0 bridgehead atoms. The van der Waals surface area contributed by atoms with Crippen LogP contribution in [0.2, 0.25) is 0 Å². The fourth-order valence-corrected chi connectivity index (χ4v) is 1.86. The lowest BCUT2D eigenvalue weighted by Gasteiger charge is -2.39. The first-order chi connectivity index (χ1) is 11.7. The molecule has 0 aliphatic carbocycles. The topological polar surface area (TPSA) is 8.81 Å². The van der Waals surface area contributed by atoms with Crippen LogP contribution in [0.3, 0.4) is 0 Å². The molecule has 0 aliphatic rings. The zero-order valence-corrected chi connectivity index (χ0v) is 13.0. The van der Waals surface area contributed by atoms with E-state index in [0.717, 1.165) is 17.1 Å². The van der Waals surface area contributed by atoms with E-state index >= 15 is 0 Å². The maximum atomic E-state index is 13.5. The molecule has 0 N–H and O–H groups in total. The van der Waals surface area contributed by atoms with E-state index in [1.807, 2.05) is 0 Å². The van der Waals surface area contributed by atoms with Gasteiger partial charge >= 0.3 is 35.8 Å². The molecule has 0 amide bonds. The highest BCUT2D eigenvalue weighted by molar-refractivity contribution is 5.10. The minimum Gasteiger partial charge on any atom is -0.240 e. The van der Waals surface area contributed by atoms with Gasteiger partial charge in [-0.05, 0) is 0 Å². The van der Waals surface area contributed by atoms with Gasteiger partial charge in [-0.1, -0.05) is 0 Å². The van der Waals surface area contributed by atoms with Gasteiger partial charge in [0.2, 0.25) is 6.33 Å². The summed E-state index contributed by atoms with van der Waals surface area (Å²) in [4.78, 5) is 0. The Labute approximate surface area is 142 Å². The van der Waals surface area contributed by atoms with Crippen molar-refractivity contribution >= 4 is 0 Å². The summed E-state index contributed by atoms with van der Waals surface area (Å²) in [6, 6.07) is 0. The second kappa shape index (κ2) is 6.43. The van der Waals surface area contributed by atoms with Crippen LogP contribution in [0, 0.1) is 0 Å². The first-order valence-electron chi connectivity index (χ1n) is 6.69. The molecule has 2 nitrogen and oxygen atoms in total. The van der Waals surface area contributed by atoms with Gasteiger partial charge in [0.1, 0.15) is 12.4 Å². The van der Waals surface area contributed by atoms with Gasteiger partial charge in [0.25, 0.3) is 0 Å². The summed E-state index contributed by atoms with van der Waals surface area (Å²) in [6.45, 7) is -1.15. The van der Waals surface area contributed by atoms with Crippen LogP contribution in [0.4, 0.5) is 57.1 Å². The summed E-state index contributed by atoms with van der Waals surface area (Å²) in [5, 5.41) is 0. The third-order valence-corrected chi connectivity index (χ3v) is 3.51. The van der Waals surface area contributed by atoms with E-state index in [-0.39, 0.29) is 0 Å². The fourth-order valence-electron chi connectivity index (χ4n) is 1.86. The van der Waals surface area contributed by atoms with Crippen LogP contribution in [0.25, 0.3) is 0 Å². The lowest BCUT2D eigenvalue weighted by atomic mass is 9.92. The second-order valence-electron chi connectivity index (χ2n) is 5.57. The Kier molecular flexibility index (Phi) is 5.56. The summed E-state index contributed by atoms with van der Waals surface area (Å²) >= 11 is 0. The van der Waals surface area contributed by atoms with Gasteiger partial charge in [-0.25, -0.2) is 9.13 Å². The molecular formula is C12H10F13N2+. The molecule has 0 saturated carbocycles. The van der Waals surface area contributed by atoms with E-state index in [9.17, 15) is 57.1 Å². The third-order valence-electron chi connectivity index (χ3n) is 3.51. The molecule has 0 radical (unpaired) electrons. The molecule has 15 heteroatoms. The van der Waals surface area contributed by atoms with Crippen molar-refractivity contribution in [1.82, 2.24) is 4.57 Å². The van der Waals surface area contributed by atoms with Gasteiger partial charge in [-0.15, -0.1) is 0 Å². The number of imidazole rings is 1. The zero-order valence-electron chi connectivity index (χ0n) is 13.0. The number of alkyl halides is 13. The molecule has 0 unspecified atom stereocenters. The largest absolute Gasteiger partial charge is 0.460 e. The highest BCUT2D eigenvalue weighted by Crippen LogP contribution is 2.60. The molecule has 0 spiro atoms. The van der Waals surface area contributed by atoms with Crippen LogP contribution in [-0.4, -0.2) is 40.4 Å². The molecule has 158 valence electrons. The Morgan fingerprint density at radius 2 is 1.15 bits per heavy atom. The van der Waals surface area contributed by atoms with Crippen LogP contribution in [0.15, 0.2) is 18.7 Å². The monoisotopic (exact) mass is 429 g/mol. The smallest absolute Gasteiger partial charge is 0.240 e. The van der Waals surface area contributed by atoms with E-state index in [1.165, 1.54) is 17.8 Å². The number of rotatable bonds is 7. The zero-order chi connectivity index (χ0) is 21.7. The van der Waals surface area contributed by atoms with Gasteiger partial charge in [0.05, 0.1) is 20.0 Å². The molecule has 0 saturated heterocycles. The number of hydrogen-bond acceptors (Lipinski definition) is 0. The summed E-state index contributed by atoms with van der Waals surface area (Å²) in [6.07, 6.45) is -6.45. The average Bonchev–Trinajstić information content (AvgIpc) is 2.89. The highest BCUT2D eigenvalue weighted by atomic mass is 19.4. The van der Waals surface area contributed by atoms with E-state index in [4.69, 9.17) is 0 Å². The summed E-state index contributed by atoms with van der Waals surface area (Å²) < 4.78 is 169. The van der Waals surface area contributed by atoms with Crippen molar-refractivity contribution in [3.8, 4) is 0 Å². The Morgan fingerprint density at radius 1 is 0.704 bits per heavy atom. The molecule has 27 heavy (non-hydrogen) atoms. The molecule has 0 aliphatic heterocycles. The minimum atomic E-state index is -7.86. The normalized spacial score (nSPS) is 15.3. The molecule has 1 rings (SSSR count). The summed E-state index contributed by atoms with van der Waals surface area (Å²) in [7, 11) is 1.34. The number of halogens is 13. The standard InChI is InChI=1S/C12H10F13N2/c1-26-4-5-27(6-26)3-2-7(13,14)8(15,16)9(17,18)10(19,20)11(21,22)12(23,24)25/h4-6H,2-3H2,1H3/q+1. The van der Waals surface area contributed by atoms with Gasteiger partial charge in [-0.2, -0.15) is 57.1 Å². The maximum absolute atomic E-state index is 13.5. The number of hydrogen-bond donors (Lipinski definition) is 0. The third kappa shape index (κ3) is 3.56. The molecule has 0 aromatic carbocycles. The van der Waals surface area contributed by atoms with Crippen molar-refractivity contribution in [2.75, 3.05) is 0 Å². The molecule has 1 heterocycles. The lowest BCUT2D eigenvalue weighted by Crippen LogP contribution is -2.70. The van der Waals surface area contributed by atoms with Crippen molar-refractivity contribution in [3.63, 3.8) is 0 Å². The van der Waals surface area contributed by atoms with E-state index in [0.29, 0.717) is 0 Å². The van der Waals surface area contributed by atoms with Gasteiger partial charge in [0.15, 0.2) is 0 Å². The molecule has 1 aromatic rings. The van der Waals surface area contributed by atoms with Crippen LogP contribution in [0.1, 0.15) is 6.42 Å². The SMILES string of the molecule is C[n+]1ccn(CCC(F)(F)C(F)(F)C(F)(F)C(F)(F)C(F)(F)C(F)(F)F)c1. The van der Waals surface area contributed by atoms with Crippen molar-refractivity contribution in [3.05, 3.63) is 18.7 Å². The van der Waals surface area contributed by atoms with E-state index < -0.39 is 48.8 Å². The Hall–Kier alpha value is -1.70. The molecule has 1 aromatic heterocycles. The first-order valence-corrected chi connectivity index (χ1v) is 6.69. The van der Waals surface area contributed by atoms with Crippen molar-refractivity contribution in [2.45, 2.75) is 48.8 Å². The predicted octanol–water partition coefficient (Wildman–Crippen LogP) is 4.44. The van der Waals surface area contributed by atoms with Crippen molar-refractivity contribution in [2.24, 2.45) is 7.05 Å². The number of aromatic nitrogens is 2. The van der Waals surface area contributed by atoms with Gasteiger partial charge in [-0.3, -0.25) is 0 Å². The Morgan fingerprint density at radius 3 is 1.52 bits per heavy atom. The summed E-state index contributed by atoms with van der Waals surface area (Å²) in [5.74, 6) is -36.6. The Bertz CT molecular complexity index is 658. The minimum absolute atomic E-state index is 0.741. The van der Waals surface area contributed by atoms with Gasteiger partial charge < -0.3 is 0 Å². The van der Waals surface area contributed by atoms with Crippen LogP contribution < -0.4 is 4.57 Å². The Balaban J connectivity index is 3.24.